The van der Waals surface area contributed by atoms with Crippen molar-refractivity contribution in [2.75, 3.05) is 4.90 Å². The normalized spacial score (nSPS) is 11.6. The topological polar surface area (TPSA) is 16.1 Å². The summed E-state index contributed by atoms with van der Waals surface area (Å²) in [6, 6.07) is 22.5. The minimum absolute atomic E-state index is 0.262. The van der Waals surface area contributed by atoms with E-state index in [2.05, 4.69) is 68.4 Å². The lowest BCUT2D eigenvalue weighted by atomic mass is 9.80. The minimum Gasteiger partial charge on any atom is -0.318 e. The zero-order valence-electron chi connectivity index (χ0n) is 22.0. The van der Waals surface area contributed by atoms with Gasteiger partial charge < -0.3 is 4.90 Å². The predicted molar refractivity (Wildman–Crippen MR) is 158 cm³/mol. The van der Waals surface area contributed by atoms with Crippen LogP contribution in [-0.4, -0.2) is 4.98 Å². The summed E-state index contributed by atoms with van der Waals surface area (Å²) in [6.45, 7) is 14.6. The summed E-state index contributed by atoms with van der Waals surface area (Å²) < 4.78 is 13.4. The zero-order chi connectivity index (χ0) is 27.2. The number of aryl methyl sites for hydroxylation is 1. The highest BCUT2D eigenvalue weighted by atomic mass is 35.5. The number of allylic oxidation sites excluding steroid dienone is 3. The summed E-state index contributed by atoms with van der Waals surface area (Å²) in [7, 11) is 0. The van der Waals surface area contributed by atoms with Gasteiger partial charge in [0.05, 0.1) is 15.6 Å². The van der Waals surface area contributed by atoms with E-state index in [0.717, 1.165) is 34.6 Å². The van der Waals surface area contributed by atoms with Crippen molar-refractivity contribution in [3.8, 4) is 0 Å². The van der Waals surface area contributed by atoms with E-state index in [0.29, 0.717) is 10.0 Å². The SMILES string of the molecule is C=C(CC)N(/C(=C\C)C(C)(C)c1ccc(Cl)c(Cl)c1)c1ccc(F)cc1.Cc1ccc2ncccc2c1. The molecule has 4 aromatic rings. The van der Waals surface area contributed by atoms with Crippen molar-refractivity contribution in [2.45, 2.75) is 46.5 Å². The molecular weight excluding hydrogens is 502 g/mol. The van der Waals surface area contributed by atoms with Gasteiger partial charge in [0.2, 0.25) is 0 Å². The lowest BCUT2D eigenvalue weighted by molar-refractivity contribution is 0.599. The van der Waals surface area contributed by atoms with Crippen molar-refractivity contribution in [1.29, 1.82) is 0 Å². The minimum atomic E-state index is -0.366. The van der Waals surface area contributed by atoms with Crippen LogP contribution in [0.15, 0.2) is 103 Å². The maximum Gasteiger partial charge on any atom is 0.123 e. The Balaban J connectivity index is 0.000000284. The first-order valence-corrected chi connectivity index (χ1v) is 13.0. The number of rotatable bonds is 6. The predicted octanol–water partition coefficient (Wildman–Crippen LogP) is 10.3. The highest BCUT2D eigenvalue weighted by molar-refractivity contribution is 6.42. The molecule has 2 nitrogen and oxygen atoms in total. The summed E-state index contributed by atoms with van der Waals surface area (Å²) in [5.41, 5.74) is 5.86. The third-order valence-electron chi connectivity index (χ3n) is 6.36. The molecule has 0 aliphatic rings. The molecule has 3 aromatic carbocycles. The summed E-state index contributed by atoms with van der Waals surface area (Å²) in [6.07, 6.45) is 4.65. The second-order valence-electron chi connectivity index (χ2n) is 9.36. The number of fused-ring (bicyclic) bond motifs is 1. The molecule has 0 bridgehead atoms. The smallest absolute Gasteiger partial charge is 0.123 e. The average molecular weight is 536 g/mol. The molecule has 0 spiro atoms. The van der Waals surface area contributed by atoms with Crippen LogP contribution in [0.5, 0.6) is 0 Å². The molecule has 1 aromatic heterocycles. The van der Waals surface area contributed by atoms with Gasteiger partial charge in [-0.25, -0.2) is 4.39 Å². The van der Waals surface area contributed by atoms with E-state index in [1.807, 2.05) is 43.5 Å². The van der Waals surface area contributed by atoms with Crippen LogP contribution in [0.2, 0.25) is 10.0 Å². The molecule has 0 saturated heterocycles. The molecule has 0 unspecified atom stereocenters. The number of nitrogens with zero attached hydrogens (tertiary/aromatic N) is 2. The largest absolute Gasteiger partial charge is 0.318 e. The Kier molecular flexibility index (Phi) is 9.53. The summed E-state index contributed by atoms with van der Waals surface area (Å²) in [5, 5.41) is 2.27. The molecule has 1 heterocycles. The van der Waals surface area contributed by atoms with E-state index < -0.39 is 0 Å². The number of hydrogen-bond acceptors (Lipinski definition) is 2. The molecule has 0 saturated carbocycles. The fourth-order valence-electron chi connectivity index (χ4n) is 4.24. The lowest BCUT2D eigenvalue weighted by Crippen LogP contribution is -2.34. The van der Waals surface area contributed by atoms with Gasteiger partial charge in [0.15, 0.2) is 0 Å². The third kappa shape index (κ3) is 6.80. The molecule has 4 rings (SSSR count). The average Bonchev–Trinajstić information content (AvgIpc) is 2.89. The van der Waals surface area contributed by atoms with Crippen LogP contribution in [0.1, 0.15) is 45.2 Å². The van der Waals surface area contributed by atoms with Crippen LogP contribution in [0.4, 0.5) is 10.1 Å². The molecule has 0 fully saturated rings. The van der Waals surface area contributed by atoms with Gasteiger partial charge in [-0.1, -0.05) is 80.4 Å². The van der Waals surface area contributed by atoms with Gasteiger partial charge in [0.1, 0.15) is 5.82 Å². The van der Waals surface area contributed by atoms with Gasteiger partial charge in [-0.05, 0) is 80.4 Å². The highest BCUT2D eigenvalue weighted by Gasteiger charge is 2.31. The maximum atomic E-state index is 13.4. The first kappa shape index (κ1) is 28.4. The van der Waals surface area contributed by atoms with Crippen LogP contribution < -0.4 is 4.90 Å². The number of aromatic nitrogens is 1. The zero-order valence-corrected chi connectivity index (χ0v) is 23.5. The van der Waals surface area contributed by atoms with Gasteiger partial charge in [-0.2, -0.15) is 0 Å². The molecular formula is C32H33Cl2FN2. The Morgan fingerprint density at radius 3 is 2.32 bits per heavy atom. The summed E-state index contributed by atoms with van der Waals surface area (Å²) in [5.74, 6) is -0.262. The fraction of sp³-hybridized carbons (Fsp3) is 0.219. The quantitative estimate of drug-likeness (QED) is 0.244. The van der Waals surface area contributed by atoms with Gasteiger partial charge >= 0.3 is 0 Å². The van der Waals surface area contributed by atoms with Crippen LogP contribution in [0, 0.1) is 12.7 Å². The van der Waals surface area contributed by atoms with E-state index >= 15 is 0 Å². The Morgan fingerprint density at radius 1 is 1.00 bits per heavy atom. The van der Waals surface area contributed by atoms with Crippen LogP contribution in [-0.2, 0) is 5.41 Å². The monoisotopic (exact) mass is 534 g/mol. The van der Waals surface area contributed by atoms with Crippen LogP contribution in [0.3, 0.4) is 0 Å². The summed E-state index contributed by atoms with van der Waals surface area (Å²) in [4.78, 5) is 6.31. The Bertz CT molecular complexity index is 1410. The second-order valence-corrected chi connectivity index (χ2v) is 10.2. The molecule has 0 N–H and O–H groups in total. The molecule has 0 aliphatic carbocycles. The number of anilines is 1. The van der Waals surface area contributed by atoms with Crippen molar-refractivity contribution < 1.29 is 4.39 Å². The van der Waals surface area contributed by atoms with Gasteiger partial charge in [0, 0.05) is 34.1 Å². The number of hydrogen-bond donors (Lipinski definition) is 0. The second kappa shape index (κ2) is 12.4. The number of benzene rings is 3. The van der Waals surface area contributed by atoms with Crippen molar-refractivity contribution in [3.63, 3.8) is 0 Å². The molecule has 0 radical (unpaired) electrons. The van der Waals surface area contributed by atoms with E-state index in [1.165, 1.54) is 23.1 Å². The van der Waals surface area contributed by atoms with Gasteiger partial charge in [-0.15, -0.1) is 0 Å². The first-order chi connectivity index (χ1) is 17.6. The fourth-order valence-corrected chi connectivity index (χ4v) is 4.54. The molecule has 0 atom stereocenters. The van der Waals surface area contributed by atoms with E-state index in [4.69, 9.17) is 23.2 Å². The van der Waals surface area contributed by atoms with Gasteiger partial charge in [-0.3, -0.25) is 4.98 Å². The van der Waals surface area contributed by atoms with Crippen LogP contribution in [0.25, 0.3) is 10.9 Å². The maximum absolute atomic E-state index is 13.4. The standard InChI is InChI=1S/C22H24Cl2FN.C10H9N/c1-6-15(3)26(18-11-9-17(25)10-12-18)21(7-2)22(4,5)16-8-13-19(23)20(24)14-16;1-8-4-5-10-9(7-8)3-2-6-11-10/h7-14H,3,6H2,1-2,4-5H3;2-7H,1H3/b21-7-;. The Morgan fingerprint density at radius 2 is 1.70 bits per heavy atom. The lowest BCUT2D eigenvalue weighted by Gasteiger charge is -2.39. The van der Waals surface area contributed by atoms with Crippen molar-refractivity contribution in [2.24, 2.45) is 0 Å². The van der Waals surface area contributed by atoms with Crippen molar-refractivity contribution in [1.82, 2.24) is 4.98 Å². The molecule has 37 heavy (non-hydrogen) atoms. The molecule has 192 valence electrons. The van der Waals surface area contributed by atoms with Crippen LogP contribution >= 0.6 is 23.2 Å². The molecule has 0 aliphatic heterocycles. The molecule has 0 amide bonds. The van der Waals surface area contributed by atoms with E-state index in [9.17, 15) is 4.39 Å². The number of pyridine rings is 1. The van der Waals surface area contributed by atoms with Gasteiger partial charge in [0.25, 0.3) is 0 Å². The van der Waals surface area contributed by atoms with E-state index in [1.54, 1.807) is 12.1 Å². The Hall–Kier alpha value is -3.14. The summed E-state index contributed by atoms with van der Waals surface area (Å²) >= 11 is 12.3. The highest BCUT2D eigenvalue weighted by Crippen LogP contribution is 2.40. The van der Waals surface area contributed by atoms with Crippen molar-refractivity contribution in [3.05, 3.63) is 130 Å². The van der Waals surface area contributed by atoms with E-state index in [-0.39, 0.29) is 11.2 Å². The number of halogens is 3. The third-order valence-corrected chi connectivity index (χ3v) is 7.10. The molecule has 5 heteroatoms. The van der Waals surface area contributed by atoms with Crippen molar-refractivity contribution >= 4 is 39.8 Å². The first-order valence-electron chi connectivity index (χ1n) is 12.3. The Labute approximate surface area is 230 Å².